The van der Waals surface area contributed by atoms with Crippen molar-refractivity contribution in [2.75, 3.05) is 0 Å². The van der Waals surface area contributed by atoms with E-state index in [-0.39, 0.29) is 22.3 Å². The Morgan fingerprint density at radius 1 is 1.42 bits per heavy atom. The SMILES string of the molecule is O=[N+]([O-])c1cc(Br)cnc1Oc1ccc(F)c(Cl)c1. The third kappa shape index (κ3) is 3.18. The predicted molar refractivity (Wildman–Crippen MR) is 70.1 cm³/mol. The second-order valence-electron chi connectivity index (χ2n) is 3.41. The fourth-order valence-corrected chi connectivity index (χ4v) is 1.77. The summed E-state index contributed by atoms with van der Waals surface area (Å²) in [6, 6.07) is 4.87. The van der Waals surface area contributed by atoms with Gasteiger partial charge in [0.1, 0.15) is 11.6 Å². The van der Waals surface area contributed by atoms with E-state index in [2.05, 4.69) is 20.9 Å². The van der Waals surface area contributed by atoms with Crippen LogP contribution in [0.1, 0.15) is 0 Å². The summed E-state index contributed by atoms with van der Waals surface area (Å²) in [5.41, 5.74) is -0.310. The lowest BCUT2D eigenvalue weighted by Gasteiger charge is -2.06. The van der Waals surface area contributed by atoms with Crippen molar-refractivity contribution in [1.29, 1.82) is 0 Å². The molecule has 2 aromatic rings. The van der Waals surface area contributed by atoms with Gasteiger partial charge in [0, 0.05) is 22.8 Å². The second-order valence-corrected chi connectivity index (χ2v) is 4.74. The van der Waals surface area contributed by atoms with Crippen molar-refractivity contribution in [3.8, 4) is 11.6 Å². The minimum absolute atomic E-state index is 0.141. The first-order valence-corrected chi connectivity index (χ1v) is 6.07. The second kappa shape index (κ2) is 5.50. The van der Waals surface area contributed by atoms with E-state index in [1.54, 1.807) is 0 Å². The number of benzene rings is 1. The van der Waals surface area contributed by atoms with Gasteiger partial charge in [-0.25, -0.2) is 9.37 Å². The molecule has 0 fully saturated rings. The maximum atomic E-state index is 13.0. The van der Waals surface area contributed by atoms with Gasteiger partial charge in [-0.3, -0.25) is 10.1 Å². The van der Waals surface area contributed by atoms with E-state index in [1.165, 1.54) is 24.4 Å². The lowest BCUT2D eigenvalue weighted by atomic mass is 10.3. The zero-order valence-electron chi connectivity index (χ0n) is 9.14. The highest BCUT2D eigenvalue weighted by atomic mass is 79.9. The normalized spacial score (nSPS) is 10.3. The monoisotopic (exact) mass is 346 g/mol. The Hall–Kier alpha value is -1.73. The van der Waals surface area contributed by atoms with Crippen LogP contribution in [0.5, 0.6) is 11.6 Å². The highest BCUT2D eigenvalue weighted by Gasteiger charge is 2.18. The Morgan fingerprint density at radius 2 is 2.16 bits per heavy atom. The summed E-state index contributed by atoms with van der Waals surface area (Å²) in [5.74, 6) is -0.646. The highest BCUT2D eigenvalue weighted by molar-refractivity contribution is 9.10. The maximum absolute atomic E-state index is 13.0. The van der Waals surface area contributed by atoms with Gasteiger partial charge in [-0.1, -0.05) is 11.6 Å². The zero-order chi connectivity index (χ0) is 14.0. The van der Waals surface area contributed by atoms with Gasteiger partial charge in [0.15, 0.2) is 0 Å². The summed E-state index contributed by atoms with van der Waals surface area (Å²) >= 11 is 8.67. The summed E-state index contributed by atoms with van der Waals surface area (Å²) in [5, 5.41) is 10.7. The van der Waals surface area contributed by atoms with Crippen LogP contribution in [-0.4, -0.2) is 9.91 Å². The van der Waals surface area contributed by atoms with Crippen molar-refractivity contribution in [3.63, 3.8) is 0 Å². The lowest BCUT2D eigenvalue weighted by Crippen LogP contribution is -1.96. The summed E-state index contributed by atoms with van der Waals surface area (Å²) in [4.78, 5) is 14.0. The van der Waals surface area contributed by atoms with Crippen molar-refractivity contribution in [2.24, 2.45) is 0 Å². The van der Waals surface area contributed by atoms with E-state index in [0.29, 0.717) is 4.47 Å². The van der Waals surface area contributed by atoms with Gasteiger partial charge in [0.2, 0.25) is 0 Å². The number of aromatic nitrogens is 1. The van der Waals surface area contributed by atoms with Gasteiger partial charge >= 0.3 is 5.69 Å². The van der Waals surface area contributed by atoms with Crippen LogP contribution < -0.4 is 4.74 Å². The van der Waals surface area contributed by atoms with Gasteiger partial charge in [-0.15, -0.1) is 0 Å². The topological polar surface area (TPSA) is 65.3 Å². The van der Waals surface area contributed by atoms with Gasteiger partial charge in [0.05, 0.1) is 9.95 Å². The molecule has 0 aliphatic rings. The Labute approximate surface area is 120 Å². The number of halogens is 3. The molecule has 0 unspecified atom stereocenters. The molecule has 98 valence electrons. The van der Waals surface area contributed by atoms with E-state index < -0.39 is 10.7 Å². The molecule has 2 rings (SSSR count). The number of rotatable bonds is 3. The molecule has 0 bridgehead atoms. The molecular weight excluding hydrogens is 342 g/mol. The Bertz CT molecular complexity index is 654. The molecule has 0 saturated heterocycles. The van der Waals surface area contributed by atoms with Crippen LogP contribution in [0.15, 0.2) is 34.9 Å². The molecule has 0 radical (unpaired) electrons. The minimum atomic E-state index is -0.627. The van der Waals surface area contributed by atoms with Crippen LogP contribution in [-0.2, 0) is 0 Å². The molecule has 0 spiro atoms. The summed E-state index contributed by atoms with van der Waals surface area (Å²) in [7, 11) is 0. The van der Waals surface area contributed by atoms with Crippen molar-refractivity contribution in [3.05, 3.63) is 55.9 Å². The molecule has 0 saturated carbocycles. The van der Waals surface area contributed by atoms with Crippen LogP contribution >= 0.6 is 27.5 Å². The van der Waals surface area contributed by atoms with Gasteiger partial charge < -0.3 is 4.74 Å². The van der Waals surface area contributed by atoms with E-state index in [4.69, 9.17) is 16.3 Å². The van der Waals surface area contributed by atoms with Crippen molar-refractivity contribution >= 4 is 33.2 Å². The van der Waals surface area contributed by atoms with Crippen LogP contribution in [0.4, 0.5) is 10.1 Å². The summed E-state index contributed by atoms with van der Waals surface area (Å²) in [6.45, 7) is 0. The van der Waals surface area contributed by atoms with Crippen LogP contribution in [0.2, 0.25) is 5.02 Å². The number of pyridine rings is 1. The Balaban J connectivity index is 2.37. The molecule has 19 heavy (non-hydrogen) atoms. The summed E-state index contributed by atoms with van der Waals surface area (Å²) < 4.78 is 18.7. The first-order chi connectivity index (χ1) is 8.97. The van der Waals surface area contributed by atoms with Crippen molar-refractivity contribution in [2.45, 2.75) is 0 Å². The lowest BCUT2D eigenvalue weighted by molar-refractivity contribution is -0.386. The van der Waals surface area contributed by atoms with Gasteiger partial charge in [-0.05, 0) is 28.1 Å². The highest BCUT2D eigenvalue weighted by Crippen LogP contribution is 2.32. The molecule has 0 aliphatic carbocycles. The van der Waals surface area contributed by atoms with E-state index in [9.17, 15) is 14.5 Å². The maximum Gasteiger partial charge on any atom is 0.332 e. The fourth-order valence-electron chi connectivity index (χ4n) is 1.28. The average molecular weight is 348 g/mol. The van der Waals surface area contributed by atoms with Gasteiger partial charge in [0.25, 0.3) is 5.88 Å². The molecule has 1 aromatic heterocycles. The largest absolute Gasteiger partial charge is 0.434 e. The van der Waals surface area contributed by atoms with Crippen LogP contribution in [0.3, 0.4) is 0 Å². The third-order valence-electron chi connectivity index (χ3n) is 2.10. The Morgan fingerprint density at radius 3 is 2.79 bits per heavy atom. The molecule has 1 heterocycles. The number of hydrogen-bond acceptors (Lipinski definition) is 4. The van der Waals surface area contributed by atoms with E-state index in [0.717, 1.165) is 6.07 Å². The number of nitrogens with zero attached hydrogens (tertiary/aromatic N) is 2. The molecule has 0 amide bonds. The summed E-state index contributed by atoms with van der Waals surface area (Å²) in [6.07, 6.45) is 1.35. The molecule has 0 aliphatic heterocycles. The smallest absolute Gasteiger partial charge is 0.332 e. The molecule has 0 N–H and O–H groups in total. The van der Waals surface area contributed by atoms with Crippen LogP contribution in [0.25, 0.3) is 0 Å². The zero-order valence-corrected chi connectivity index (χ0v) is 11.5. The van der Waals surface area contributed by atoms with Crippen molar-refractivity contribution in [1.82, 2.24) is 4.98 Å². The van der Waals surface area contributed by atoms with Crippen molar-refractivity contribution < 1.29 is 14.1 Å². The molecule has 0 atom stereocenters. The van der Waals surface area contributed by atoms with E-state index >= 15 is 0 Å². The predicted octanol–water partition coefficient (Wildman–Crippen LogP) is 4.34. The number of ether oxygens (including phenoxy) is 1. The van der Waals surface area contributed by atoms with Gasteiger partial charge in [-0.2, -0.15) is 0 Å². The average Bonchev–Trinajstić information content (AvgIpc) is 2.36. The first-order valence-electron chi connectivity index (χ1n) is 4.90. The molecule has 8 heteroatoms. The standard InChI is InChI=1S/C11H5BrClFN2O3/c12-6-3-10(16(17)18)11(15-5-6)19-7-1-2-9(14)8(13)4-7/h1-5H. The third-order valence-corrected chi connectivity index (χ3v) is 2.82. The first kappa shape index (κ1) is 13.7. The Kier molecular flexibility index (Phi) is 3.96. The van der Waals surface area contributed by atoms with Crippen LogP contribution in [0, 0.1) is 15.9 Å². The fraction of sp³-hybridized carbons (Fsp3) is 0. The van der Waals surface area contributed by atoms with E-state index in [1.807, 2.05) is 0 Å². The minimum Gasteiger partial charge on any atom is -0.434 e. The molecule has 5 nitrogen and oxygen atoms in total. The molecule has 1 aromatic carbocycles. The number of nitro groups is 1. The number of hydrogen-bond donors (Lipinski definition) is 0. The quantitative estimate of drug-likeness (QED) is 0.612. The molecular formula is C11H5BrClFN2O3.